The van der Waals surface area contributed by atoms with Gasteiger partial charge in [-0.05, 0) is 87.1 Å². The second kappa shape index (κ2) is 12.4. The normalized spacial score (nSPS) is 23.6. The summed E-state index contributed by atoms with van der Waals surface area (Å²) in [4.78, 5) is 25.2. The Bertz CT molecular complexity index is 1370. The molecule has 10 nitrogen and oxygen atoms in total. The van der Waals surface area contributed by atoms with Gasteiger partial charge in [-0.15, -0.1) is 0 Å². The van der Waals surface area contributed by atoms with Crippen LogP contribution in [0, 0.1) is 0 Å². The number of anilines is 2. The third-order valence-electron chi connectivity index (χ3n) is 8.26. The third kappa shape index (κ3) is 7.32. The van der Waals surface area contributed by atoms with Gasteiger partial charge < -0.3 is 38.6 Å². The maximum atomic E-state index is 11.9. The molecule has 2 fully saturated rings. The Morgan fingerprint density at radius 1 is 0.791 bits per heavy atom. The number of hydrogen-bond acceptors (Lipinski definition) is 8. The number of rotatable bonds is 6. The van der Waals surface area contributed by atoms with Crippen molar-refractivity contribution >= 4 is 23.2 Å². The second-order valence-electron chi connectivity index (χ2n) is 12.4. The highest BCUT2D eigenvalue weighted by molar-refractivity contribution is 5.96. The van der Waals surface area contributed by atoms with Crippen LogP contribution in [-0.2, 0) is 54.2 Å². The molecule has 0 aromatic heterocycles. The number of hydrogen-bond donors (Lipinski definition) is 1. The van der Waals surface area contributed by atoms with Gasteiger partial charge in [-0.25, -0.2) is 0 Å². The minimum Gasteiger partial charge on any atom is -0.496 e. The number of fused-ring (bicyclic) bond motifs is 2. The highest BCUT2D eigenvalue weighted by Crippen LogP contribution is 2.36. The Balaban J connectivity index is 0.000000171. The van der Waals surface area contributed by atoms with E-state index in [1.807, 2.05) is 46.9 Å². The van der Waals surface area contributed by atoms with E-state index in [0.717, 1.165) is 58.0 Å². The van der Waals surface area contributed by atoms with E-state index in [0.29, 0.717) is 38.9 Å². The predicted molar refractivity (Wildman–Crippen MR) is 162 cm³/mol. The fourth-order valence-electron chi connectivity index (χ4n) is 6.08. The summed E-state index contributed by atoms with van der Waals surface area (Å²) in [6.07, 6.45) is 4.04. The third-order valence-corrected chi connectivity index (χ3v) is 8.26. The van der Waals surface area contributed by atoms with Crippen LogP contribution in [0.2, 0.25) is 0 Å². The van der Waals surface area contributed by atoms with Gasteiger partial charge in [0.2, 0.25) is 11.8 Å². The first-order valence-electron chi connectivity index (χ1n) is 15.0. The lowest BCUT2D eigenvalue weighted by Gasteiger charge is -2.27. The molecule has 2 atom stereocenters. The zero-order valence-electron chi connectivity index (χ0n) is 26.3. The van der Waals surface area contributed by atoms with Crippen LogP contribution in [0.5, 0.6) is 11.5 Å². The van der Waals surface area contributed by atoms with E-state index in [-0.39, 0.29) is 24.0 Å². The number of benzene rings is 2. The summed E-state index contributed by atoms with van der Waals surface area (Å²) in [7, 11) is 5.18. The van der Waals surface area contributed by atoms with Crippen molar-refractivity contribution in [3.05, 3.63) is 46.5 Å². The fraction of sp³-hybridized carbons (Fsp3) is 0.576. The highest BCUT2D eigenvalue weighted by atomic mass is 16.7. The highest BCUT2D eigenvalue weighted by Gasteiger charge is 2.35. The van der Waals surface area contributed by atoms with Crippen molar-refractivity contribution in [2.75, 3.05) is 44.7 Å². The Hall–Kier alpha value is -3.18. The molecule has 4 aliphatic heterocycles. The summed E-state index contributed by atoms with van der Waals surface area (Å²) >= 11 is 0. The van der Waals surface area contributed by atoms with Crippen LogP contribution in [-0.4, -0.2) is 70.1 Å². The average molecular weight is 597 g/mol. The lowest BCUT2D eigenvalue weighted by molar-refractivity contribution is -0.138. The molecule has 10 heteroatoms. The Kier molecular flexibility index (Phi) is 9.04. The van der Waals surface area contributed by atoms with Crippen molar-refractivity contribution in [2.45, 2.75) is 90.0 Å². The van der Waals surface area contributed by atoms with Crippen LogP contribution in [0.3, 0.4) is 0 Å². The Morgan fingerprint density at radius 2 is 1.33 bits per heavy atom. The van der Waals surface area contributed by atoms with Gasteiger partial charge in [-0.3, -0.25) is 9.59 Å². The molecule has 2 aromatic rings. The zero-order chi connectivity index (χ0) is 30.9. The summed E-state index contributed by atoms with van der Waals surface area (Å²) in [6.45, 7) is 8.81. The maximum Gasteiger partial charge on any atom is 0.227 e. The van der Waals surface area contributed by atoms with Crippen molar-refractivity contribution in [1.82, 2.24) is 0 Å². The van der Waals surface area contributed by atoms with E-state index in [1.54, 1.807) is 19.1 Å². The van der Waals surface area contributed by atoms with Crippen LogP contribution in [0.15, 0.2) is 24.3 Å². The van der Waals surface area contributed by atoms with Gasteiger partial charge in [0.25, 0.3) is 0 Å². The van der Waals surface area contributed by atoms with Gasteiger partial charge in [-0.2, -0.15) is 0 Å². The Labute approximate surface area is 253 Å². The summed E-state index contributed by atoms with van der Waals surface area (Å²) in [6, 6.07) is 8.12. The lowest BCUT2D eigenvalue weighted by atomic mass is 9.96. The maximum absolute atomic E-state index is 11.9. The van der Waals surface area contributed by atoms with Crippen molar-refractivity contribution in [3.8, 4) is 11.5 Å². The van der Waals surface area contributed by atoms with Gasteiger partial charge in [0.05, 0.1) is 39.6 Å². The van der Waals surface area contributed by atoms with Crippen LogP contribution < -0.4 is 19.7 Å². The van der Waals surface area contributed by atoms with Crippen LogP contribution in [0.4, 0.5) is 11.4 Å². The zero-order valence-corrected chi connectivity index (χ0v) is 26.3. The summed E-state index contributed by atoms with van der Waals surface area (Å²) in [5.41, 5.74) is 6.23. The van der Waals surface area contributed by atoms with E-state index < -0.39 is 11.6 Å². The van der Waals surface area contributed by atoms with Crippen LogP contribution >= 0.6 is 0 Å². The van der Waals surface area contributed by atoms with Gasteiger partial charge >= 0.3 is 0 Å². The molecular weight excluding hydrogens is 552 g/mol. The standard InChI is InChI=1S/C17H23NO4.C16H21NO4/c1-17(2)21-10-13(22-17)7-12-8-14-11(9-15(12)20-4)5-6-16(19)18(14)3;1-16(2)20-9-12(21-16)6-11-7-13-10(8-14(11)19-3)4-5-15(18)17-13/h8-9,13H,5-7,10H2,1-4H3;7-8,12H,4-6,9H2,1-3H3,(H,17,18). The first-order valence-corrected chi connectivity index (χ1v) is 15.0. The quantitative estimate of drug-likeness (QED) is 0.517. The van der Waals surface area contributed by atoms with E-state index in [9.17, 15) is 9.59 Å². The molecule has 2 unspecified atom stereocenters. The first-order chi connectivity index (χ1) is 20.4. The number of carbonyl (C=O) groups excluding carboxylic acids is 2. The second-order valence-corrected chi connectivity index (χ2v) is 12.4. The van der Waals surface area contributed by atoms with Crippen molar-refractivity contribution in [1.29, 1.82) is 0 Å². The number of nitrogens with zero attached hydrogens (tertiary/aromatic N) is 1. The van der Waals surface area contributed by atoms with Crippen molar-refractivity contribution in [3.63, 3.8) is 0 Å². The molecule has 0 spiro atoms. The molecule has 2 saturated heterocycles. The van der Waals surface area contributed by atoms with E-state index in [2.05, 4.69) is 17.4 Å². The van der Waals surface area contributed by atoms with E-state index >= 15 is 0 Å². The fourth-order valence-corrected chi connectivity index (χ4v) is 6.08. The molecule has 1 N–H and O–H groups in total. The van der Waals surface area contributed by atoms with Gasteiger partial charge in [-0.1, -0.05) is 0 Å². The molecule has 4 aliphatic rings. The molecule has 0 radical (unpaired) electrons. The predicted octanol–water partition coefficient (Wildman–Crippen LogP) is 4.57. The lowest BCUT2D eigenvalue weighted by Crippen LogP contribution is -2.31. The minimum absolute atomic E-state index is 0.00578. The molecule has 43 heavy (non-hydrogen) atoms. The molecular formula is C33H44N2O8. The topological polar surface area (TPSA) is 105 Å². The molecule has 2 amide bonds. The summed E-state index contributed by atoms with van der Waals surface area (Å²) < 4.78 is 34.0. The molecule has 6 rings (SSSR count). The molecule has 0 saturated carbocycles. The SMILES string of the molecule is COc1cc2c(cc1CC1COC(C)(C)O1)N(C)C(=O)CC2.COc1cc2c(cc1CC1COC(C)(C)O1)NC(=O)CC2. The number of carbonyl (C=O) groups is 2. The average Bonchev–Trinajstić information content (AvgIpc) is 3.49. The van der Waals surface area contributed by atoms with Crippen LogP contribution in [0.1, 0.15) is 62.8 Å². The van der Waals surface area contributed by atoms with Gasteiger partial charge in [0.1, 0.15) is 11.5 Å². The number of nitrogens with one attached hydrogen (secondary N) is 1. The number of aryl methyl sites for hydroxylation is 2. The smallest absolute Gasteiger partial charge is 0.227 e. The molecule has 0 aliphatic carbocycles. The molecule has 2 aromatic carbocycles. The molecule has 234 valence electrons. The number of ether oxygens (including phenoxy) is 6. The van der Waals surface area contributed by atoms with E-state index in [4.69, 9.17) is 28.4 Å². The van der Waals surface area contributed by atoms with Crippen molar-refractivity contribution < 1.29 is 38.0 Å². The Morgan fingerprint density at radius 3 is 1.86 bits per heavy atom. The first kappa shape index (κ1) is 31.3. The van der Waals surface area contributed by atoms with Gasteiger partial charge in [0.15, 0.2) is 11.6 Å². The van der Waals surface area contributed by atoms with Crippen molar-refractivity contribution in [2.24, 2.45) is 0 Å². The summed E-state index contributed by atoms with van der Waals surface area (Å²) in [5, 5.41) is 2.93. The minimum atomic E-state index is -0.529. The monoisotopic (exact) mass is 596 g/mol. The van der Waals surface area contributed by atoms with Crippen LogP contribution in [0.25, 0.3) is 0 Å². The molecule has 0 bridgehead atoms. The summed E-state index contributed by atoms with van der Waals surface area (Å²) in [5.74, 6) is 0.873. The van der Waals surface area contributed by atoms with E-state index in [1.165, 1.54) is 0 Å². The largest absolute Gasteiger partial charge is 0.496 e. The number of amides is 2. The van der Waals surface area contributed by atoms with Gasteiger partial charge in [0, 0.05) is 44.1 Å². The number of methoxy groups -OCH3 is 2. The molecule has 4 heterocycles.